The number of nitrogen functional groups attached to an aromatic ring is 2. The van der Waals surface area contributed by atoms with Crippen molar-refractivity contribution in [3.05, 3.63) is 72.3 Å². The zero-order valence-electron chi connectivity index (χ0n) is 14.4. The van der Waals surface area contributed by atoms with Crippen molar-refractivity contribution in [2.75, 3.05) is 11.5 Å². The molecule has 3 rings (SSSR count). The van der Waals surface area contributed by atoms with E-state index in [1.807, 2.05) is 54.6 Å². The van der Waals surface area contributed by atoms with E-state index in [-0.39, 0.29) is 0 Å². The van der Waals surface area contributed by atoms with E-state index in [0.29, 0.717) is 29.3 Å². The van der Waals surface area contributed by atoms with Crippen LogP contribution in [0.25, 0.3) is 0 Å². The molecule has 1 aliphatic rings. The first-order valence-electron chi connectivity index (χ1n) is 8.57. The summed E-state index contributed by atoms with van der Waals surface area (Å²) in [6, 6.07) is 14.8. The maximum atomic E-state index is 6.22. The SMILES string of the molecule is CCCC1=CCC(Oc2ccccc2N)(Oc2ccccc2N)C=C1. The molecule has 0 unspecified atom stereocenters. The van der Waals surface area contributed by atoms with Gasteiger partial charge in [0.1, 0.15) is 11.5 Å². The van der Waals surface area contributed by atoms with Gasteiger partial charge < -0.3 is 20.9 Å². The lowest BCUT2D eigenvalue weighted by atomic mass is 9.98. The summed E-state index contributed by atoms with van der Waals surface area (Å²) >= 11 is 0. The molecule has 130 valence electrons. The third kappa shape index (κ3) is 3.97. The lowest BCUT2D eigenvalue weighted by Crippen LogP contribution is -2.41. The van der Waals surface area contributed by atoms with Crippen LogP contribution in [0.4, 0.5) is 11.4 Å². The molecular weight excluding hydrogens is 312 g/mol. The Hall–Kier alpha value is -2.88. The molecule has 4 N–H and O–H groups in total. The Bertz CT molecular complexity index is 748. The number of allylic oxidation sites excluding steroid dienone is 2. The van der Waals surface area contributed by atoms with E-state index in [2.05, 4.69) is 19.1 Å². The zero-order valence-corrected chi connectivity index (χ0v) is 14.4. The summed E-state index contributed by atoms with van der Waals surface area (Å²) in [6.07, 6.45) is 8.89. The van der Waals surface area contributed by atoms with Gasteiger partial charge in [0.05, 0.1) is 11.4 Å². The van der Waals surface area contributed by atoms with Crippen molar-refractivity contribution in [1.29, 1.82) is 0 Å². The summed E-state index contributed by atoms with van der Waals surface area (Å²) in [5.41, 5.74) is 14.5. The molecule has 0 spiro atoms. The van der Waals surface area contributed by atoms with Gasteiger partial charge >= 0.3 is 0 Å². The minimum absolute atomic E-state index is 0.572. The van der Waals surface area contributed by atoms with Gasteiger partial charge in [-0.05, 0) is 30.7 Å². The fourth-order valence-corrected chi connectivity index (χ4v) is 2.81. The van der Waals surface area contributed by atoms with Crippen molar-refractivity contribution in [2.24, 2.45) is 0 Å². The molecule has 25 heavy (non-hydrogen) atoms. The molecule has 0 atom stereocenters. The summed E-state index contributed by atoms with van der Waals surface area (Å²) < 4.78 is 12.4. The van der Waals surface area contributed by atoms with Crippen molar-refractivity contribution in [3.8, 4) is 11.5 Å². The average Bonchev–Trinajstić information content (AvgIpc) is 2.62. The zero-order chi connectivity index (χ0) is 17.7. The molecule has 2 aromatic carbocycles. The van der Waals surface area contributed by atoms with Crippen LogP contribution in [0, 0.1) is 0 Å². The van der Waals surface area contributed by atoms with Crippen molar-refractivity contribution in [3.63, 3.8) is 0 Å². The molecule has 0 saturated heterocycles. The van der Waals surface area contributed by atoms with Crippen molar-refractivity contribution >= 4 is 11.4 Å². The number of anilines is 2. The number of benzene rings is 2. The topological polar surface area (TPSA) is 70.5 Å². The predicted molar refractivity (Wildman–Crippen MR) is 102 cm³/mol. The Kier molecular flexibility index (Phi) is 4.98. The van der Waals surface area contributed by atoms with E-state index in [1.165, 1.54) is 5.57 Å². The van der Waals surface area contributed by atoms with Gasteiger partial charge in [-0.1, -0.05) is 55.3 Å². The van der Waals surface area contributed by atoms with Gasteiger partial charge in [-0.3, -0.25) is 0 Å². The summed E-state index contributed by atoms with van der Waals surface area (Å²) in [7, 11) is 0. The van der Waals surface area contributed by atoms with Crippen LogP contribution in [0.15, 0.2) is 72.3 Å². The molecule has 0 saturated carbocycles. The van der Waals surface area contributed by atoms with Gasteiger partial charge in [-0.25, -0.2) is 0 Å². The molecule has 0 heterocycles. The van der Waals surface area contributed by atoms with Gasteiger partial charge in [0.2, 0.25) is 0 Å². The molecule has 0 amide bonds. The Labute approximate surface area is 148 Å². The van der Waals surface area contributed by atoms with Crippen molar-refractivity contribution < 1.29 is 9.47 Å². The quantitative estimate of drug-likeness (QED) is 0.593. The minimum Gasteiger partial charge on any atom is -0.446 e. The van der Waals surface area contributed by atoms with Gasteiger partial charge in [-0.15, -0.1) is 0 Å². The van der Waals surface area contributed by atoms with E-state index in [4.69, 9.17) is 20.9 Å². The molecule has 0 radical (unpaired) electrons. The summed E-state index contributed by atoms with van der Waals surface area (Å²) in [6.45, 7) is 2.17. The van der Waals surface area contributed by atoms with Gasteiger partial charge in [0, 0.05) is 12.5 Å². The summed E-state index contributed by atoms with van der Waals surface area (Å²) in [4.78, 5) is 0. The molecule has 2 aromatic rings. The Balaban J connectivity index is 1.91. The number of nitrogens with two attached hydrogens (primary N) is 2. The second-order valence-electron chi connectivity index (χ2n) is 6.16. The maximum absolute atomic E-state index is 6.22. The van der Waals surface area contributed by atoms with Crippen LogP contribution in [-0.2, 0) is 0 Å². The standard InChI is InChI=1S/C21H24N2O2/c1-2-7-16-12-14-21(15-13-16,24-19-10-5-3-8-17(19)22)25-20-11-6-4-9-18(20)23/h3-6,8-14H,2,7,15,22-23H2,1H3. The van der Waals surface area contributed by atoms with Gasteiger partial charge in [-0.2, -0.15) is 0 Å². The number of para-hydroxylation sites is 4. The van der Waals surface area contributed by atoms with Crippen LogP contribution < -0.4 is 20.9 Å². The molecule has 4 nitrogen and oxygen atoms in total. The van der Waals surface area contributed by atoms with E-state index in [9.17, 15) is 0 Å². The highest BCUT2D eigenvalue weighted by Gasteiger charge is 2.34. The van der Waals surface area contributed by atoms with Gasteiger partial charge in [0.25, 0.3) is 5.79 Å². The molecule has 4 heteroatoms. The van der Waals surface area contributed by atoms with Crippen molar-refractivity contribution in [2.45, 2.75) is 32.0 Å². The second kappa shape index (κ2) is 7.34. The highest BCUT2D eigenvalue weighted by atomic mass is 16.7. The molecule has 0 aromatic heterocycles. The largest absolute Gasteiger partial charge is 0.446 e. The summed E-state index contributed by atoms with van der Waals surface area (Å²) in [5, 5.41) is 0. The van der Waals surface area contributed by atoms with Crippen molar-refractivity contribution in [1.82, 2.24) is 0 Å². The van der Waals surface area contributed by atoms with Crippen LogP contribution in [0.5, 0.6) is 11.5 Å². The van der Waals surface area contributed by atoms with E-state index < -0.39 is 5.79 Å². The number of rotatable bonds is 6. The van der Waals surface area contributed by atoms with Crippen LogP contribution in [0.3, 0.4) is 0 Å². The first kappa shape index (κ1) is 17.0. The van der Waals surface area contributed by atoms with Crippen LogP contribution in [-0.4, -0.2) is 5.79 Å². The van der Waals surface area contributed by atoms with E-state index >= 15 is 0 Å². The highest BCUT2D eigenvalue weighted by molar-refractivity contribution is 5.54. The maximum Gasteiger partial charge on any atom is 0.275 e. The first-order valence-corrected chi connectivity index (χ1v) is 8.57. The second-order valence-corrected chi connectivity index (χ2v) is 6.16. The lowest BCUT2D eigenvalue weighted by molar-refractivity contribution is -0.0681. The molecule has 0 fully saturated rings. The third-order valence-electron chi connectivity index (χ3n) is 4.14. The van der Waals surface area contributed by atoms with Crippen LogP contribution in [0.1, 0.15) is 26.2 Å². The Morgan fingerprint density at radius 1 is 0.920 bits per heavy atom. The highest BCUT2D eigenvalue weighted by Crippen LogP contribution is 2.35. The minimum atomic E-state index is -0.970. The monoisotopic (exact) mass is 336 g/mol. The fourth-order valence-electron chi connectivity index (χ4n) is 2.81. The lowest BCUT2D eigenvalue weighted by Gasteiger charge is -2.34. The number of hydrogen-bond donors (Lipinski definition) is 2. The smallest absolute Gasteiger partial charge is 0.275 e. The fraction of sp³-hybridized carbons (Fsp3) is 0.238. The number of hydrogen-bond acceptors (Lipinski definition) is 4. The van der Waals surface area contributed by atoms with Crippen LogP contribution in [0.2, 0.25) is 0 Å². The number of ether oxygens (including phenoxy) is 2. The Morgan fingerprint density at radius 3 is 1.92 bits per heavy atom. The predicted octanol–water partition coefficient (Wildman–Crippen LogP) is 4.69. The first-order chi connectivity index (χ1) is 12.1. The Morgan fingerprint density at radius 2 is 1.48 bits per heavy atom. The molecular formula is C21H24N2O2. The molecule has 0 bridgehead atoms. The molecule has 0 aliphatic heterocycles. The average molecular weight is 336 g/mol. The van der Waals surface area contributed by atoms with Gasteiger partial charge in [0.15, 0.2) is 0 Å². The van der Waals surface area contributed by atoms with E-state index in [0.717, 1.165) is 12.8 Å². The molecule has 1 aliphatic carbocycles. The van der Waals surface area contributed by atoms with Crippen LogP contribution >= 0.6 is 0 Å². The normalized spacial score (nSPS) is 15.5. The van der Waals surface area contributed by atoms with E-state index in [1.54, 1.807) is 0 Å². The summed E-state index contributed by atoms with van der Waals surface area (Å²) in [5.74, 6) is 0.213. The third-order valence-corrected chi connectivity index (χ3v) is 4.14.